The Labute approximate surface area is 509 Å². The molecule has 0 fully saturated rings. The largest absolute Gasteiger partial charge is 0.0654 e. The second-order valence-electron chi connectivity index (χ2n) is 28.3. The van der Waals surface area contributed by atoms with Crippen LogP contribution in [-0.2, 0) is 21.7 Å². The van der Waals surface area contributed by atoms with E-state index in [0.717, 1.165) is 0 Å². The van der Waals surface area contributed by atoms with Crippen LogP contribution in [0.4, 0.5) is 0 Å². The Kier molecular flexibility index (Phi) is 17.4. The van der Waals surface area contributed by atoms with Gasteiger partial charge in [-0.3, -0.25) is 0 Å². The lowest BCUT2D eigenvalue weighted by atomic mass is 9.68. The third-order valence-corrected chi connectivity index (χ3v) is 22.2. The van der Waals surface area contributed by atoms with Crippen molar-refractivity contribution in [2.45, 2.75) is 257 Å². The molecule has 0 aliphatic heterocycles. The fraction of sp³-hybridized carbons (Fsp3) is 0.476. The molecule has 0 nitrogen and oxygen atoms in total. The Hall–Kier alpha value is -5.72. The molecule has 0 heterocycles. The second kappa shape index (κ2) is 24.9. The first-order valence-corrected chi connectivity index (χ1v) is 34.8. The third-order valence-electron chi connectivity index (χ3n) is 22.2. The van der Waals surface area contributed by atoms with Gasteiger partial charge in [-0.25, -0.2) is 0 Å². The molecule has 4 aliphatic carbocycles. The zero-order valence-corrected chi connectivity index (χ0v) is 53.5. The van der Waals surface area contributed by atoms with Gasteiger partial charge in [0.2, 0.25) is 0 Å². The highest BCUT2D eigenvalue weighted by atomic mass is 14.5. The van der Waals surface area contributed by atoms with Crippen molar-refractivity contribution in [1.29, 1.82) is 0 Å². The summed E-state index contributed by atoms with van der Waals surface area (Å²) in [5, 5.41) is 5.55. The van der Waals surface area contributed by atoms with E-state index in [1.165, 1.54) is 257 Å². The summed E-state index contributed by atoms with van der Waals surface area (Å²) in [5.74, 6) is 0. The molecule has 0 aromatic heterocycles. The van der Waals surface area contributed by atoms with Crippen molar-refractivity contribution in [2.24, 2.45) is 0 Å². The van der Waals surface area contributed by atoms with Gasteiger partial charge in [-0.1, -0.05) is 300 Å². The van der Waals surface area contributed by atoms with Crippen molar-refractivity contribution in [3.05, 3.63) is 178 Å². The van der Waals surface area contributed by atoms with Gasteiger partial charge >= 0.3 is 0 Å². The Balaban J connectivity index is 1.10. The van der Waals surface area contributed by atoms with Crippen molar-refractivity contribution >= 4 is 21.5 Å². The molecule has 0 saturated heterocycles. The second-order valence-corrected chi connectivity index (χ2v) is 28.3. The van der Waals surface area contributed by atoms with Crippen LogP contribution in [0.1, 0.15) is 280 Å². The summed E-state index contributed by atoms with van der Waals surface area (Å²) in [6.07, 6.45) is 36.7. The summed E-state index contributed by atoms with van der Waals surface area (Å²) in [6, 6.07) is 54.5. The third kappa shape index (κ3) is 10.3. The lowest BCUT2D eigenvalue weighted by Gasteiger charge is -2.35. The van der Waals surface area contributed by atoms with Gasteiger partial charge in [-0.2, -0.15) is 0 Å². The first kappa shape index (κ1) is 58.7. The number of benzene rings is 8. The van der Waals surface area contributed by atoms with Gasteiger partial charge in [0.15, 0.2) is 0 Å². The van der Waals surface area contributed by atoms with Crippen LogP contribution >= 0.6 is 0 Å². The molecule has 84 heavy (non-hydrogen) atoms. The molecule has 0 radical (unpaired) electrons. The molecule has 0 amide bonds. The zero-order chi connectivity index (χ0) is 58.1. The summed E-state index contributed by atoms with van der Waals surface area (Å²) >= 11 is 0. The van der Waals surface area contributed by atoms with E-state index in [4.69, 9.17) is 0 Å². The van der Waals surface area contributed by atoms with Crippen molar-refractivity contribution < 1.29 is 0 Å². The highest BCUT2D eigenvalue weighted by Crippen LogP contribution is 2.65. The van der Waals surface area contributed by atoms with E-state index in [9.17, 15) is 0 Å². The maximum Gasteiger partial charge on any atom is 0.0215 e. The molecule has 0 saturated carbocycles. The molecular formula is C84H102. The average Bonchev–Trinajstić information content (AvgIpc) is 1.58. The predicted octanol–water partition coefficient (Wildman–Crippen LogP) is 25.8. The summed E-state index contributed by atoms with van der Waals surface area (Å²) in [4.78, 5) is 0. The van der Waals surface area contributed by atoms with Crippen molar-refractivity contribution in [1.82, 2.24) is 0 Å². The molecule has 0 spiro atoms. The highest BCUT2D eigenvalue weighted by Gasteiger charge is 2.51. The van der Waals surface area contributed by atoms with Crippen LogP contribution in [-0.4, -0.2) is 0 Å². The minimum atomic E-state index is -0.169. The lowest BCUT2D eigenvalue weighted by Crippen LogP contribution is -2.27. The van der Waals surface area contributed by atoms with E-state index >= 15 is 0 Å². The fourth-order valence-corrected chi connectivity index (χ4v) is 17.6. The molecular weight excluding hydrogens is 1010 g/mol. The predicted molar refractivity (Wildman–Crippen MR) is 366 cm³/mol. The zero-order valence-electron chi connectivity index (χ0n) is 53.5. The van der Waals surface area contributed by atoms with E-state index in [0.29, 0.717) is 0 Å². The maximum atomic E-state index is 2.92. The van der Waals surface area contributed by atoms with E-state index in [1.54, 1.807) is 44.5 Å². The molecule has 0 N–H and O–H groups in total. The quantitative estimate of drug-likeness (QED) is 0.0410. The van der Waals surface area contributed by atoms with Gasteiger partial charge in [-0.15, -0.1) is 0 Å². The van der Waals surface area contributed by atoms with E-state index in [2.05, 4.69) is 189 Å². The number of unbranched alkanes of at least 4 members (excludes halogenated alkanes) is 20. The van der Waals surface area contributed by atoms with Crippen molar-refractivity contribution in [3.8, 4) is 55.6 Å². The summed E-state index contributed by atoms with van der Waals surface area (Å²) in [5.41, 5.74) is 27.2. The number of hydrogen-bond donors (Lipinski definition) is 0. The maximum absolute atomic E-state index is 2.92. The molecule has 12 rings (SSSR count). The number of fused-ring (bicyclic) bond motifs is 16. The van der Waals surface area contributed by atoms with E-state index in [1.807, 2.05) is 0 Å². The molecule has 0 unspecified atom stereocenters. The van der Waals surface area contributed by atoms with Crippen LogP contribution < -0.4 is 0 Å². The Morgan fingerprint density at radius 1 is 0.250 bits per heavy atom. The van der Waals surface area contributed by atoms with Gasteiger partial charge in [0, 0.05) is 21.7 Å². The first-order chi connectivity index (χ1) is 41.0. The van der Waals surface area contributed by atoms with Gasteiger partial charge < -0.3 is 0 Å². The summed E-state index contributed by atoms with van der Waals surface area (Å²) in [6.45, 7) is 19.6. The Morgan fingerprint density at radius 3 is 1.04 bits per heavy atom. The van der Waals surface area contributed by atoms with E-state index in [-0.39, 0.29) is 21.7 Å². The fourth-order valence-electron chi connectivity index (χ4n) is 17.6. The lowest BCUT2D eigenvalue weighted by molar-refractivity contribution is 0.394. The first-order valence-electron chi connectivity index (χ1n) is 34.8. The van der Waals surface area contributed by atoms with Gasteiger partial charge in [0.1, 0.15) is 0 Å². The molecule has 0 heteroatoms. The molecule has 0 bridgehead atoms. The van der Waals surface area contributed by atoms with Crippen LogP contribution in [0.3, 0.4) is 0 Å². The SMILES string of the molecule is CCCCCCCCC1(CCCCCCCC)c2cc3c(cc2-c2cc4c(cc21)-c1cc2c(cc1C4(CCCCCCCC)CCCCCCCC)-c1c(cc(-c4ccccc4)c4ccccc14)C2(C)C)C(C)(C)c1ccc2ccccc2c1-3. The molecule has 4 aliphatic rings. The minimum Gasteiger partial charge on any atom is -0.0654 e. The molecule has 8 aromatic carbocycles. The van der Waals surface area contributed by atoms with Crippen molar-refractivity contribution in [2.75, 3.05) is 0 Å². The molecule has 8 aromatic rings. The van der Waals surface area contributed by atoms with Crippen LogP contribution in [0, 0.1) is 0 Å². The van der Waals surface area contributed by atoms with Crippen LogP contribution in [0.5, 0.6) is 0 Å². The van der Waals surface area contributed by atoms with Crippen LogP contribution in [0.25, 0.3) is 77.2 Å². The highest BCUT2D eigenvalue weighted by molar-refractivity contribution is 6.10. The molecule has 438 valence electrons. The number of hydrogen-bond acceptors (Lipinski definition) is 0. The standard InChI is InChI=1S/C84H102/c1-9-13-17-21-25-36-48-83(49-37-26-22-18-14-10-2)74-56-68-66-54-73-70(80-63-45-35-34-44-62(63)64(52-78(80)82(73,7)8)59-40-30-29-31-41-59)58-77(66)84(50-38-27-23-19-15-11-3,51-39-28-24-20-16-12-4)75(68)55-67(74)65-53-72-69(57-76(65)83)79-61-43-33-32-42-60(61)46-47-71(79)81(72,5)6/h29-35,40-47,52-58H,9-28,36-39,48-51H2,1-8H3. The van der Waals surface area contributed by atoms with E-state index < -0.39 is 0 Å². The Morgan fingerprint density at radius 2 is 0.583 bits per heavy atom. The van der Waals surface area contributed by atoms with Gasteiger partial charge in [0.25, 0.3) is 0 Å². The summed E-state index contributed by atoms with van der Waals surface area (Å²) < 4.78 is 0. The number of rotatable bonds is 29. The van der Waals surface area contributed by atoms with Crippen LogP contribution in [0.2, 0.25) is 0 Å². The average molecular weight is 1110 g/mol. The van der Waals surface area contributed by atoms with Gasteiger partial charge in [-0.05, 0) is 190 Å². The Bertz CT molecular complexity index is 3600. The smallest absolute Gasteiger partial charge is 0.0215 e. The summed E-state index contributed by atoms with van der Waals surface area (Å²) in [7, 11) is 0. The monoisotopic (exact) mass is 1110 g/mol. The van der Waals surface area contributed by atoms with Crippen LogP contribution in [0.15, 0.2) is 133 Å². The minimum absolute atomic E-state index is 0.0509. The molecule has 0 atom stereocenters. The topological polar surface area (TPSA) is 0 Å². The van der Waals surface area contributed by atoms with Crippen molar-refractivity contribution in [3.63, 3.8) is 0 Å². The normalized spacial score (nSPS) is 15.7. The van der Waals surface area contributed by atoms with Gasteiger partial charge in [0.05, 0.1) is 0 Å².